The van der Waals surface area contributed by atoms with Gasteiger partial charge in [-0.2, -0.15) is 0 Å². The van der Waals surface area contributed by atoms with Crippen LogP contribution in [0.3, 0.4) is 0 Å². The number of hydrogen-bond acceptors (Lipinski definition) is 5. The molecule has 7 nitrogen and oxygen atoms in total. The lowest BCUT2D eigenvalue weighted by Gasteiger charge is -2.35. The minimum Gasteiger partial charge on any atom is -0.343 e. The second kappa shape index (κ2) is 11.8. The average Bonchev–Trinajstić information content (AvgIpc) is 3.41. The summed E-state index contributed by atoms with van der Waals surface area (Å²) in [6.45, 7) is 4.41. The Morgan fingerprint density at radius 1 is 1.00 bits per heavy atom. The number of nitrogens with one attached hydrogen (secondary N) is 2. The van der Waals surface area contributed by atoms with Crippen molar-refractivity contribution in [2.45, 2.75) is 76.9 Å². The van der Waals surface area contributed by atoms with Crippen molar-refractivity contribution < 1.29 is 14.4 Å². The number of benzene rings is 1. The second-order valence-corrected chi connectivity index (χ2v) is 10.3. The molecule has 1 aliphatic carbocycles. The molecule has 3 atom stereocenters. The van der Waals surface area contributed by atoms with Gasteiger partial charge in [0.2, 0.25) is 11.8 Å². The number of rotatable bonds is 8. The molecular weight excluding hydrogens is 452 g/mol. The van der Waals surface area contributed by atoms with Gasteiger partial charge < -0.3 is 15.5 Å². The van der Waals surface area contributed by atoms with Gasteiger partial charge in [-0.05, 0) is 70.2 Å². The summed E-state index contributed by atoms with van der Waals surface area (Å²) in [5, 5.41) is 6.05. The van der Waals surface area contributed by atoms with Crippen molar-refractivity contribution in [1.29, 1.82) is 0 Å². The third kappa shape index (κ3) is 5.84. The molecule has 0 spiro atoms. The molecule has 2 amide bonds. The van der Waals surface area contributed by atoms with Gasteiger partial charge in [0.25, 0.3) is 0 Å². The van der Waals surface area contributed by atoms with Crippen LogP contribution in [0.2, 0.25) is 0 Å². The zero-order chi connectivity index (χ0) is 25.7. The van der Waals surface area contributed by atoms with E-state index in [1.165, 1.54) is 6.42 Å². The highest BCUT2D eigenvalue weighted by molar-refractivity contribution is 6.09. The van der Waals surface area contributed by atoms with Crippen LogP contribution in [0.5, 0.6) is 0 Å². The first-order chi connectivity index (χ1) is 17.4. The summed E-state index contributed by atoms with van der Waals surface area (Å²) >= 11 is 0. The van der Waals surface area contributed by atoms with E-state index in [4.69, 9.17) is 0 Å². The molecule has 2 aliphatic rings. The summed E-state index contributed by atoms with van der Waals surface area (Å²) in [4.78, 5) is 46.2. The predicted octanol–water partition coefficient (Wildman–Crippen LogP) is 3.96. The lowest BCUT2D eigenvalue weighted by Crippen LogP contribution is -2.55. The van der Waals surface area contributed by atoms with Crippen LogP contribution in [0.4, 0.5) is 0 Å². The van der Waals surface area contributed by atoms with Crippen LogP contribution >= 0.6 is 0 Å². The maximum atomic E-state index is 14.0. The van der Waals surface area contributed by atoms with Crippen LogP contribution in [0.15, 0.2) is 42.7 Å². The smallest absolute Gasteiger partial charge is 0.245 e. The molecule has 0 bridgehead atoms. The number of nitrogens with zero attached hydrogens (tertiary/aromatic N) is 2. The van der Waals surface area contributed by atoms with Crippen molar-refractivity contribution in [3.8, 4) is 0 Å². The van der Waals surface area contributed by atoms with Gasteiger partial charge in [-0.15, -0.1) is 0 Å². The summed E-state index contributed by atoms with van der Waals surface area (Å²) in [5.41, 5.74) is 3.06. The normalized spacial score (nSPS) is 20.1. The molecule has 2 fully saturated rings. The molecule has 4 rings (SSSR count). The van der Waals surface area contributed by atoms with Gasteiger partial charge in [0.1, 0.15) is 6.04 Å². The highest BCUT2D eigenvalue weighted by atomic mass is 16.2. The Kier molecular flexibility index (Phi) is 8.52. The van der Waals surface area contributed by atoms with Gasteiger partial charge >= 0.3 is 0 Å². The fraction of sp³-hybridized carbons (Fsp3) is 0.517. The van der Waals surface area contributed by atoms with Gasteiger partial charge in [0.05, 0.1) is 12.1 Å². The quantitative estimate of drug-likeness (QED) is 0.547. The Morgan fingerprint density at radius 2 is 1.78 bits per heavy atom. The average molecular weight is 491 g/mol. The van der Waals surface area contributed by atoms with E-state index in [0.717, 1.165) is 49.7 Å². The van der Waals surface area contributed by atoms with E-state index < -0.39 is 6.04 Å². The molecule has 0 unspecified atom stereocenters. The Hall–Kier alpha value is -3.06. The summed E-state index contributed by atoms with van der Waals surface area (Å²) in [5.74, 6) is -0.0914. The lowest BCUT2D eigenvalue weighted by atomic mass is 9.83. The molecule has 1 saturated heterocycles. The Balaban J connectivity index is 1.57. The topological polar surface area (TPSA) is 91.4 Å². The van der Waals surface area contributed by atoms with Crippen molar-refractivity contribution in [2.75, 3.05) is 13.6 Å². The molecule has 1 aromatic heterocycles. The van der Waals surface area contributed by atoms with Gasteiger partial charge in [-0.1, -0.05) is 43.0 Å². The molecule has 7 heteroatoms. The summed E-state index contributed by atoms with van der Waals surface area (Å²) in [7, 11) is 1.75. The number of likely N-dealkylation sites (tertiary alicyclic amines) is 1. The van der Waals surface area contributed by atoms with Crippen LogP contribution in [0, 0.1) is 12.8 Å². The van der Waals surface area contributed by atoms with Gasteiger partial charge in [0.15, 0.2) is 5.78 Å². The number of carbonyl (C=O) groups excluding carboxylic acids is 3. The van der Waals surface area contributed by atoms with Crippen LogP contribution in [0.1, 0.15) is 85.0 Å². The van der Waals surface area contributed by atoms with Gasteiger partial charge in [-0.25, -0.2) is 0 Å². The lowest BCUT2D eigenvalue weighted by molar-refractivity contribution is -0.139. The number of carbonyl (C=O) groups is 3. The molecule has 2 aromatic rings. The molecule has 1 aromatic carbocycles. The monoisotopic (exact) mass is 490 g/mol. The van der Waals surface area contributed by atoms with Crippen LogP contribution in [-0.4, -0.2) is 53.2 Å². The summed E-state index contributed by atoms with van der Waals surface area (Å²) in [6.07, 6.45) is 10.3. The highest BCUT2D eigenvalue weighted by Gasteiger charge is 2.39. The predicted molar refractivity (Wildman–Crippen MR) is 140 cm³/mol. The van der Waals surface area contributed by atoms with E-state index in [1.807, 2.05) is 42.2 Å². The first kappa shape index (κ1) is 26.0. The Bertz CT molecular complexity index is 1100. The van der Waals surface area contributed by atoms with Crippen molar-refractivity contribution >= 4 is 17.6 Å². The number of aromatic nitrogens is 1. The number of hydrogen-bond donors (Lipinski definition) is 2. The Morgan fingerprint density at radius 3 is 2.50 bits per heavy atom. The maximum Gasteiger partial charge on any atom is 0.245 e. The SMILES string of the molecule is CN[C@@H](C)C(=O)N[C@H](C(=O)N1CCC[C@H]1c1cncc(C(=O)c2cccc(C)c2)c1)C1CCCCC1. The number of ketones is 1. The first-order valence-corrected chi connectivity index (χ1v) is 13.2. The number of pyridine rings is 1. The zero-order valence-corrected chi connectivity index (χ0v) is 21.6. The van der Waals surface area contributed by atoms with Gasteiger partial charge in [-0.3, -0.25) is 19.4 Å². The highest BCUT2D eigenvalue weighted by Crippen LogP contribution is 2.35. The molecule has 192 valence electrons. The van der Waals surface area contributed by atoms with Crippen LogP contribution in [0.25, 0.3) is 0 Å². The fourth-order valence-corrected chi connectivity index (χ4v) is 5.53. The van der Waals surface area contributed by atoms with Crippen molar-refractivity contribution in [3.63, 3.8) is 0 Å². The van der Waals surface area contributed by atoms with Crippen molar-refractivity contribution in [1.82, 2.24) is 20.5 Å². The molecule has 1 aliphatic heterocycles. The standard InChI is InChI=1S/C29H38N4O3/c1-19-9-7-12-22(15-19)27(34)24-16-23(17-31-18-24)25-13-8-14-33(25)29(36)26(21-10-5-4-6-11-21)32-28(35)20(2)30-3/h7,9,12,15-18,20-21,25-26,30H,4-6,8,10-11,13-14H2,1-3H3,(H,32,35)/t20-,25-,26-/m0/s1. The van der Waals surface area contributed by atoms with E-state index >= 15 is 0 Å². The number of likely N-dealkylation sites (N-methyl/N-ethyl adjacent to an activating group) is 1. The van der Waals surface area contributed by atoms with E-state index in [9.17, 15) is 14.4 Å². The molecule has 1 saturated carbocycles. The van der Waals surface area contributed by atoms with E-state index in [2.05, 4.69) is 15.6 Å². The van der Waals surface area contributed by atoms with E-state index in [-0.39, 0.29) is 35.6 Å². The minimum absolute atomic E-state index is 0.0172. The summed E-state index contributed by atoms with van der Waals surface area (Å²) < 4.78 is 0. The number of amides is 2. The van der Waals surface area contributed by atoms with Crippen LogP contribution in [-0.2, 0) is 9.59 Å². The molecule has 36 heavy (non-hydrogen) atoms. The number of aryl methyl sites for hydroxylation is 1. The van der Waals surface area contributed by atoms with Crippen LogP contribution < -0.4 is 10.6 Å². The minimum atomic E-state index is -0.528. The third-order valence-electron chi connectivity index (χ3n) is 7.73. The third-order valence-corrected chi connectivity index (χ3v) is 7.73. The second-order valence-electron chi connectivity index (χ2n) is 10.3. The van der Waals surface area contributed by atoms with E-state index in [1.54, 1.807) is 26.4 Å². The molecule has 2 heterocycles. The maximum absolute atomic E-state index is 14.0. The van der Waals surface area contributed by atoms with Crippen molar-refractivity contribution in [2.24, 2.45) is 5.92 Å². The molecule has 2 N–H and O–H groups in total. The van der Waals surface area contributed by atoms with Gasteiger partial charge in [0, 0.05) is 30.1 Å². The van der Waals surface area contributed by atoms with Crippen molar-refractivity contribution in [3.05, 3.63) is 65.0 Å². The summed E-state index contributed by atoms with van der Waals surface area (Å²) in [6, 6.07) is 8.37. The fourth-order valence-electron chi connectivity index (χ4n) is 5.53. The molecular formula is C29H38N4O3. The first-order valence-electron chi connectivity index (χ1n) is 13.2. The molecule has 0 radical (unpaired) electrons. The largest absolute Gasteiger partial charge is 0.343 e. The zero-order valence-electron chi connectivity index (χ0n) is 21.6. The van der Waals surface area contributed by atoms with E-state index in [0.29, 0.717) is 17.7 Å². The Labute approximate surface area is 214 Å².